The molecule has 10 heteroatoms. The molecule has 4 atom stereocenters. The van der Waals surface area contributed by atoms with Gasteiger partial charge in [0.1, 0.15) is 12.2 Å². The van der Waals surface area contributed by atoms with E-state index < -0.39 is 30.7 Å². The number of hydrogen-bond acceptors (Lipinski definition) is 8. The fourth-order valence-corrected chi connectivity index (χ4v) is 3.56. The van der Waals surface area contributed by atoms with Crippen molar-refractivity contribution in [1.82, 2.24) is 19.5 Å². The molecule has 0 saturated carbocycles. The molecule has 2 aliphatic rings. The normalized spacial score (nSPS) is 31.6. The van der Waals surface area contributed by atoms with Crippen molar-refractivity contribution < 1.29 is 19.3 Å². The third kappa shape index (κ3) is 2.32. The van der Waals surface area contributed by atoms with E-state index in [0.29, 0.717) is 11.3 Å². The van der Waals surface area contributed by atoms with Crippen LogP contribution in [-0.4, -0.2) is 67.3 Å². The maximum absolute atomic E-state index is 15.3. The predicted molar refractivity (Wildman–Crippen MR) is 90.9 cm³/mol. The fraction of sp³-hybridized carbons (Fsp3) is 0.562. The molecule has 0 radical (unpaired) electrons. The number of nitrogens with two attached hydrogens (primary N) is 1. The van der Waals surface area contributed by atoms with Crippen molar-refractivity contribution in [3.05, 3.63) is 6.33 Å². The molecule has 0 bridgehead atoms. The van der Waals surface area contributed by atoms with Crippen LogP contribution in [0.15, 0.2) is 6.33 Å². The third-order valence-electron chi connectivity index (χ3n) is 4.93. The summed E-state index contributed by atoms with van der Waals surface area (Å²) in [6.45, 7) is 1.07. The highest BCUT2D eigenvalue weighted by atomic mass is 19.1. The van der Waals surface area contributed by atoms with Crippen molar-refractivity contribution in [2.75, 3.05) is 30.3 Å². The first kappa shape index (κ1) is 17.0. The maximum Gasteiger partial charge on any atom is 0.243 e. The van der Waals surface area contributed by atoms with Crippen LogP contribution in [0.3, 0.4) is 0 Å². The standard InChI is InChI=1S/C16H19FN6O3/c1-2-16(17)11(25)9(7-24)26-14(16)23-8-19-10-12(22-5-3-4-6-22)20-15(18)21-13(10)23/h1,8-9,11,14,24-25H,3-7H2,(H2,18,20,21)/t9-,11-,14-,16-/m1/s1. The van der Waals surface area contributed by atoms with E-state index in [0.717, 1.165) is 25.9 Å². The number of nitrogen functional groups attached to an aromatic ring is 1. The van der Waals surface area contributed by atoms with Gasteiger partial charge in [-0.05, 0) is 12.8 Å². The Morgan fingerprint density at radius 2 is 2.15 bits per heavy atom. The topological polar surface area (TPSA) is 123 Å². The second kappa shape index (κ2) is 6.05. The largest absolute Gasteiger partial charge is 0.394 e. The van der Waals surface area contributed by atoms with Gasteiger partial charge in [0.05, 0.1) is 12.9 Å². The van der Waals surface area contributed by atoms with E-state index in [-0.39, 0.29) is 11.6 Å². The van der Waals surface area contributed by atoms with Gasteiger partial charge in [-0.2, -0.15) is 9.97 Å². The monoisotopic (exact) mass is 362 g/mol. The zero-order chi connectivity index (χ0) is 18.5. The van der Waals surface area contributed by atoms with Crippen LogP contribution in [0.4, 0.5) is 16.2 Å². The van der Waals surface area contributed by atoms with Crippen molar-refractivity contribution in [1.29, 1.82) is 0 Å². The van der Waals surface area contributed by atoms with Gasteiger partial charge in [-0.1, -0.05) is 5.92 Å². The van der Waals surface area contributed by atoms with Crippen LogP contribution in [-0.2, 0) is 4.74 Å². The van der Waals surface area contributed by atoms with Gasteiger partial charge in [0.25, 0.3) is 0 Å². The Morgan fingerprint density at radius 1 is 1.42 bits per heavy atom. The predicted octanol–water partition coefficient (Wildman–Crippen LogP) is -0.399. The summed E-state index contributed by atoms with van der Waals surface area (Å²) in [4.78, 5) is 14.8. The SMILES string of the molecule is C#C[C@@]1(F)[C@H](O)[C@@H](CO)O[C@H]1n1cnc2c(N3CCCC3)nc(N)nc21. The first-order chi connectivity index (χ1) is 12.5. The highest BCUT2D eigenvalue weighted by Crippen LogP contribution is 2.42. The number of alkyl halides is 1. The molecule has 2 aromatic heterocycles. The molecule has 4 N–H and O–H groups in total. The lowest BCUT2D eigenvalue weighted by molar-refractivity contribution is -0.0504. The number of aromatic nitrogens is 4. The van der Waals surface area contributed by atoms with Gasteiger partial charge in [0.15, 0.2) is 23.2 Å². The lowest BCUT2D eigenvalue weighted by Gasteiger charge is -2.24. The first-order valence-corrected chi connectivity index (χ1v) is 8.35. The van der Waals surface area contributed by atoms with Gasteiger partial charge in [0, 0.05) is 13.1 Å². The lowest BCUT2D eigenvalue weighted by atomic mass is 9.97. The number of halogens is 1. The minimum atomic E-state index is -2.55. The van der Waals surface area contributed by atoms with E-state index in [2.05, 4.69) is 15.0 Å². The van der Waals surface area contributed by atoms with Crippen molar-refractivity contribution >= 4 is 22.9 Å². The summed E-state index contributed by atoms with van der Waals surface area (Å²) in [5.74, 6) is 2.55. The zero-order valence-corrected chi connectivity index (χ0v) is 13.9. The Kier molecular flexibility index (Phi) is 3.95. The quantitative estimate of drug-likeness (QED) is 0.631. The molecule has 4 rings (SSSR count). The number of rotatable bonds is 3. The minimum absolute atomic E-state index is 0.0172. The molecule has 138 valence electrons. The average Bonchev–Trinajstić information content (AvgIpc) is 3.35. The van der Waals surface area contributed by atoms with E-state index in [1.54, 1.807) is 0 Å². The maximum atomic E-state index is 15.3. The van der Waals surface area contributed by atoms with E-state index in [1.165, 1.54) is 10.9 Å². The van der Waals surface area contributed by atoms with Crippen molar-refractivity contribution in [3.8, 4) is 12.3 Å². The van der Waals surface area contributed by atoms with E-state index in [4.69, 9.17) is 16.9 Å². The van der Waals surface area contributed by atoms with Crippen LogP contribution >= 0.6 is 0 Å². The summed E-state index contributed by atoms with van der Waals surface area (Å²) in [6, 6.07) is 0. The molecule has 2 aliphatic heterocycles. The molecule has 2 fully saturated rings. The van der Waals surface area contributed by atoms with Crippen LogP contribution in [0, 0.1) is 12.3 Å². The van der Waals surface area contributed by atoms with Crippen molar-refractivity contribution in [2.24, 2.45) is 0 Å². The molecule has 0 aliphatic carbocycles. The van der Waals surface area contributed by atoms with E-state index in [1.807, 2.05) is 10.8 Å². The Hall–Kier alpha value is -2.48. The summed E-state index contributed by atoms with van der Waals surface area (Å²) < 4.78 is 22.0. The summed E-state index contributed by atoms with van der Waals surface area (Å²) >= 11 is 0. The highest BCUT2D eigenvalue weighted by molar-refractivity contribution is 5.85. The summed E-state index contributed by atoms with van der Waals surface area (Å²) in [5, 5.41) is 19.5. The second-order valence-corrected chi connectivity index (χ2v) is 6.49. The van der Waals surface area contributed by atoms with E-state index >= 15 is 4.39 Å². The molecule has 0 unspecified atom stereocenters. The second-order valence-electron chi connectivity index (χ2n) is 6.49. The number of imidazole rings is 1. The third-order valence-corrected chi connectivity index (χ3v) is 4.93. The number of anilines is 2. The number of aliphatic hydroxyl groups excluding tert-OH is 2. The zero-order valence-electron chi connectivity index (χ0n) is 13.9. The summed E-state index contributed by atoms with van der Waals surface area (Å²) in [7, 11) is 0. The van der Waals surface area contributed by atoms with Gasteiger partial charge >= 0.3 is 0 Å². The van der Waals surface area contributed by atoms with Gasteiger partial charge in [-0.3, -0.25) is 4.57 Å². The Morgan fingerprint density at radius 3 is 2.81 bits per heavy atom. The van der Waals surface area contributed by atoms with Gasteiger partial charge in [-0.25, -0.2) is 9.37 Å². The van der Waals surface area contributed by atoms with Crippen LogP contribution in [0.25, 0.3) is 11.2 Å². The summed E-state index contributed by atoms with van der Waals surface area (Å²) in [5.41, 5.74) is 4.01. The number of hydrogen-bond donors (Lipinski definition) is 3. The molecule has 2 aromatic rings. The molecular formula is C16H19FN6O3. The molecule has 0 amide bonds. The highest BCUT2D eigenvalue weighted by Gasteiger charge is 2.57. The molecule has 4 heterocycles. The summed E-state index contributed by atoms with van der Waals surface area (Å²) in [6.07, 6.45) is 4.50. The first-order valence-electron chi connectivity index (χ1n) is 8.35. The molecule has 2 saturated heterocycles. The molecule has 9 nitrogen and oxygen atoms in total. The molecule has 0 aromatic carbocycles. The van der Waals surface area contributed by atoms with Gasteiger partial charge in [0.2, 0.25) is 11.6 Å². The molecule has 26 heavy (non-hydrogen) atoms. The number of fused-ring (bicyclic) bond motifs is 1. The Labute approximate surface area is 148 Å². The lowest BCUT2D eigenvalue weighted by Crippen LogP contribution is -2.42. The Balaban J connectivity index is 1.84. The van der Waals surface area contributed by atoms with Crippen molar-refractivity contribution in [3.63, 3.8) is 0 Å². The number of nitrogens with zero attached hydrogens (tertiary/aromatic N) is 5. The smallest absolute Gasteiger partial charge is 0.243 e. The van der Waals surface area contributed by atoms with Gasteiger partial charge < -0.3 is 25.6 Å². The van der Waals surface area contributed by atoms with Crippen LogP contribution < -0.4 is 10.6 Å². The van der Waals surface area contributed by atoms with Crippen LogP contribution in [0.2, 0.25) is 0 Å². The van der Waals surface area contributed by atoms with Crippen LogP contribution in [0.1, 0.15) is 19.1 Å². The Bertz CT molecular complexity index is 877. The number of ether oxygens (including phenoxy) is 1. The number of terminal acetylenes is 1. The fourth-order valence-electron chi connectivity index (χ4n) is 3.56. The van der Waals surface area contributed by atoms with E-state index in [9.17, 15) is 10.2 Å². The number of aliphatic hydroxyl groups is 2. The minimum Gasteiger partial charge on any atom is -0.394 e. The van der Waals surface area contributed by atoms with Gasteiger partial charge in [-0.15, -0.1) is 6.42 Å². The van der Waals surface area contributed by atoms with Crippen molar-refractivity contribution in [2.45, 2.75) is 36.9 Å². The molecular weight excluding hydrogens is 343 g/mol. The average molecular weight is 362 g/mol. The molecule has 0 spiro atoms. The van der Waals surface area contributed by atoms with Crippen LogP contribution in [0.5, 0.6) is 0 Å².